The molecule has 0 bridgehead atoms. The first-order valence-electron chi connectivity index (χ1n) is 6.20. The van der Waals surface area contributed by atoms with Crippen molar-refractivity contribution in [3.63, 3.8) is 0 Å². The molecule has 2 aromatic rings. The topological polar surface area (TPSA) is 63.0 Å². The summed E-state index contributed by atoms with van der Waals surface area (Å²) >= 11 is 6.71. The third-order valence-corrected chi connectivity index (χ3v) is 4.09. The van der Waals surface area contributed by atoms with E-state index in [0.29, 0.717) is 10.2 Å². The van der Waals surface area contributed by atoms with Crippen molar-refractivity contribution >= 4 is 39.4 Å². The van der Waals surface area contributed by atoms with Crippen LogP contribution >= 0.6 is 23.6 Å². The zero-order valence-corrected chi connectivity index (χ0v) is 12.5. The van der Waals surface area contributed by atoms with Crippen molar-refractivity contribution in [2.75, 3.05) is 5.73 Å². The fourth-order valence-corrected chi connectivity index (χ4v) is 3.17. The highest BCUT2D eigenvalue weighted by molar-refractivity contribution is 7.80. The summed E-state index contributed by atoms with van der Waals surface area (Å²) in [4.78, 5) is 4.40. The van der Waals surface area contributed by atoms with E-state index in [-0.39, 0.29) is 6.04 Å². The number of anilines is 1. The number of rotatable bonds is 2. The molecule has 1 aromatic carbocycles. The minimum absolute atomic E-state index is 0.00792. The van der Waals surface area contributed by atoms with Crippen molar-refractivity contribution in [3.8, 4) is 0 Å². The van der Waals surface area contributed by atoms with Gasteiger partial charge in [-0.3, -0.25) is 0 Å². The molecular formula is C14H14N4S2. The molecule has 102 valence electrons. The average molecular weight is 302 g/mol. The van der Waals surface area contributed by atoms with Crippen LogP contribution in [0, 0.1) is 0 Å². The van der Waals surface area contributed by atoms with Crippen LogP contribution in [0.25, 0.3) is 5.57 Å². The number of hydrogen-bond acceptors (Lipinski definition) is 4. The van der Waals surface area contributed by atoms with Crippen LogP contribution in [-0.2, 0) is 0 Å². The number of nitrogen functional groups attached to an aromatic ring is 1. The number of nitrogens with one attached hydrogen (secondary N) is 2. The molecule has 0 radical (unpaired) electrons. The normalized spacial score (nSPS) is 18.6. The van der Waals surface area contributed by atoms with Crippen molar-refractivity contribution in [3.05, 3.63) is 52.7 Å². The van der Waals surface area contributed by atoms with Crippen LogP contribution in [0.3, 0.4) is 0 Å². The quantitative estimate of drug-likeness (QED) is 0.745. The van der Waals surface area contributed by atoms with E-state index in [9.17, 15) is 0 Å². The van der Waals surface area contributed by atoms with Crippen LogP contribution in [-0.4, -0.2) is 10.1 Å². The number of thiazole rings is 1. The molecule has 1 aromatic heterocycles. The predicted molar refractivity (Wildman–Crippen MR) is 87.2 cm³/mol. The number of benzene rings is 1. The van der Waals surface area contributed by atoms with Crippen LogP contribution in [0.4, 0.5) is 5.13 Å². The molecule has 0 amide bonds. The average Bonchev–Trinajstić information content (AvgIpc) is 2.85. The molecule has 1 aliphatic heterocycles. The summed E-state index contributed by atoms with van der Waals surface area (Å²) in [6.45, 7) is 2.01. The maximum Gasteiger partial charge on any atom is 0.180 e. The van der Waals surface area contributed by atoms with Gasteiger partial charge in [0.05, 0.1) is 11.7 Å². The summed E-state index contributed by atoms with van der Waals surface area (Å²) in [6, 6.07) is 10.2. The van der Waals surface area contributed by atoms with Gasteiger partial charge in [-0.15, -0.1) is 11.3 Å². The highest BCUT2D eigenvalue weighted by Crippen LogP contribution is 2.34. The van der Waals surface area contributed by atoms with Crippen LogP contribution in [0.1, 0.15) is 24.2 Å². The third-order valence-electron chi connectivity index (χ3n) is 3.20. The number of thiocarbonyl (C=S) groups is 1. The predicted octanol–water partition coefficient (Wildman–Crippen LogP) is 2.68. The van der Waals surface area contributed by atoms with E-state index in [0.717, 1.165) is 22.5 Å². The molecule has 0 fully saturated rings. The second-order valence-electron chi connectivity index (χ2n) is 4.55. The second kappa shape index (κ2) is 5.22. The first-order chi connectivity index (χ1) is 9.65. The van der Waals surface area contributed by atoms with Gasteiger partial charge in [0.2, 0.25) is 0 Å². The van der Waals surface area contributed by atoms with Gasteiger partial charge in [-0.25, -0.2) is 4.98 Å². The van der Waals surface area contributed by atoms with Crippen LogP contribution in [0.5, 0.6) is 0 Å². The summed E-state index contributed by atoms with van der Waals surface area (Å²) < 4.78 is 0. The largest absolute Gasteiger partial charge is 0.375 e. The maximum absolute atomic E-state index is 5.76. The number of nitrogens with two attached hydrogens (primary N) is 1. The summed E-state index contributed by atoms with van der Waals surface area (Å²) in [5, 5.41) is 9.64. The van der Waals surface area contributed by atoms with Crippen molar-refractivity contribution in [2.45, 2.75) is 13.0 Å². The van der Waals surface area contributed by atoms with Gasteiger partial charge in [-0.1, -0.05) is 30.3 Å². The van der Waals surface area contributed by atoms with Crippen LogP contribution < -0.4 is 16.4 Å². The summed E-state index contributed by atoms with van der Waals surface area (Å²) in [7, 11) is 0. The molecule has 0 saturated carbocycles. The lowest BCUT2D eigenvalue weighted by Crippen LogP contribution is -2.42. The van der Waals surface area contributed by atoms with E-state index in [1.807, 2.05) is 30.5 Å². The number of hydrogen-bond donors (Lipinski definition) is 3. The molecule has 20 heavy (non-hydrogen) atoms. The summed E-state index contributed by atoms with van der Waals surface area (Å²) in [6.07, 6.45) is 0. The Hall–Kier alpha value is -1.92. The Labute approximate surface area is 126 Å². The second-order valence-corrected chi connectivity index (χ2v) is 5.85. The van der Waals surface area contributed by atoms with Gasteiger partial charge in [0.25, 0.3) is 0 Å². The molecule has 0 spiro atoms. The van der Waals surface area contributed by atoms with Crippen LogP contribution in [0.2, 0.25) is 0 Å². The molecule has 3 rings (SSSR count). The van der Waals surface area contributed by atoms with E-state index in [2.05, 4.69) is 27.8 Å². The van der Waals surface area contributed by atoms with Gasteiger partial charge in [0, 0.05) is 16.7 Å². The summed E-state index contributed by atoms with van der Waals surface area (Å²) in [5.41, 5.74) is 9.89. The Morgan fingerprint density at radius 3 is 2.70 bits per heavy atom. The zero-order valence-electron chi connectivity index (χ0n) is 10.9. The van der Waals surface area contributed by atoms with E-state index < -0.39 is 0 Å². The molecular weight excluding hydrogens is 288 g/mol. The lowest BCUT2D eigenvalue weighted by Gasteiger charge is -2.30. The molecule has 4 nitrogen and oxygen atoms in total. The van der Waals surface area contributed by atoms with Gasteiger partial charge in [0.1, 0.15) is 0 Å². The molecule has 0 saturated heterocycles. The number of aromatic nitrogens is 1. The molecule has 6 heteroatoms. The van der Waals surface area contributed by atoms with E-state index >= 15 is 0 Å². The molecule has 1 aliphatic rings. The Balaban J connectivity index is 2.11. The highest BCUT2D eigenvalue weighted by Gasteiger charge is 2.27. The maximum atomic E-state index is 5.76. The Morgan fingerprint density at radius 2 is 2.05 bits per heavy atom. The lowest BCUT2D eigenvalue weighted by molar-refractivity contribution is 0.757. The van der Waals surface area contributed by atoms with Gasteiger partial charge >= 0.3 is 0 Å². The van der Waals surface area contributed by atoms with Crippen molar-refractivity contribution < 1.29 is 0 Å². The first kappa shape index (κ1) is 13.1. The molecule has 1 atom stereocenters. The number of nitrogens with zero attached hydrogens (tertiary/aromatic N) is 1. The van der Waals surface area contributed by atoms with Crippen molar-refractivity contribution in [2.24, 2.45) is 0 Å². The SMILES string of the molecule is CC1=C(c2csc(N)n2)C(c2ccccc2)NC(=S)N1. The first-order valence-corrected chi connectivity index (χ1v) is 7.48. The highest BCUT2D eigenvalue weighted by atomic mass is 32.1. The van der Waals surface area contributed by atoms with E-state index in [1.165, 1.54) is 11.3 Å². The third kappa shape index (κ3) is 2.39. The Bertz CT molecular complexity index is 675. The minimum Gasteiger partial charge on any atom is -0.375 e. The van der Waals surface area contributed by atoms with E-state index in [4.69, 9.17) is 18.0 Å². The van der Waals surface area contributed by atoms with Gasteiger partial charge in [-0.05, 0) is 24.7 Å². The van der Waals surface area contributed by atoms with Crippen molar-refractivity contribution in [1.82, 2.24) is 15.6 Å². The summed E-state index contributed by atoms with van der Waals surface area (Å²) in [5.74, 6) is 0. The van der Waals surface area contributed by atoms with Crippen molar-refractivity contribution in [1.29, 1.82) is 0 Å². The monoisotopic (exact) mass is 302 g/mol. The number of allylic oxidation sites excluding steroid dienone is 1. The molecule has 0 aliphatic carbocycles. The van der Waals surface area contributed by atoms with Gasteiger partial charge < -0.3 is 16.4 Å². The lowest BCUT2D eigenvalue weighted by atomic mass is 9.94. The Kier molecular flexibility index (Phi) is 3.42. The fourth-order valence-electron chi connectivity index (χ4n) is 2.34. The fraction of sp³-hybridized carbons (Fsp3) is 0.143. The van der Waals surface area contributed by atoms with Crippen LogP contribution in [0.15, 0.2) is 41.4 Å². The Morgan fingerprint density at radius 1 is 1.30 bits per heavy atom. The van der Waals surface area contributed by atoms with Gasteiger partial charge in [0.15, 0.2) is 10.2 Å². The minimum atomic E-state index is -0.00792. The smallest absolute Gasteiger partial charge is 0.180 e. The van der Waals surface area contributed by atoms with Gasteiger partial charge in [-0.2, -0.15) is 0 Å². The van der Waals surface area contributed by atoms with E-state index in [1.54, 1.807) is 0 Å². The molecule has 2 heterocycles. The standard InChI is InChI=1S/C14H14N4S2/c1-8-11(10-7-20-13(15)17-10)12(18-14(19)16-8)9-5-3-2-4-6-9/h2-7,12H,1H3,(H2,15,17)(H2,16,18,19). The molecule has 1 unspecified atom stereocenters. The zero-order chi connectivity index (χ0) is 14.1. The molecule has 4 N–H and O–H groups in total.